The van der Waals surface area contributed by atoms with E-state index in [-0.39, 0.29) is 0 Å². The van der Waals surface area contributed by atoms with Gasteiger partial charge in [0.25, 0.3) is 0 Å². The van der Waals surface area contributed by atoms with Crippen molar-refractivity contribution in [2.75, 3.05) is 0 Å². The van der Waals surface area contributed by atoms with Crippen LogP contribution in [0.4, 0.5) is 0 Å². The lowest BCUT2D eigenvalue weighted by atomic mass is 10.0. The van der Waals surface area contributed by atoms with E-state index in [1.807, 2.05) is 6.07 Å². The molecule has 5 aromatic carbocycles. The Morgan fingerprint density at radius 1 is 0.216 bits per heavy atom. The van der Waals surface area contributed by atoms with Crippen LogP contribution in [0.3, 0.4) is 0 Å². The molecule has 0 aliphatic rings. The Labute approximate surface area is 225 Å². The molecule has 0 heteroatoms. The molecule has 0 saturated heterocycles. The highest BCUT2D eigenvalue weighted by atomic mass is 14.0. The van der Waals surface area contributed by atoms with Gasteiger partial charge >= 0.3 is 0 Å². The van der Waals surface area contributed by atoms with E-state index in [9.17, 15) is 0 Å². The number of benzene rings is 5. The summed E-state index contributed by atoms with van der Waals surface area (Å²) in [5.41, 5.74) is 11.8. The first kappa shape index (κ1) is 29.3. The number of hydrogen-bond acceptors (Lipinski definition) is 0. The summed E-state index contributed by atoms with van der Waals surface area (Å²) in [4.78, 5) is 0. The largest absolute Gasteiger partial charge is 0.0622 e. The van der Waals surface area contributed by atoms with Crippen molar-refractivity contribution in [2.24, 2.45) is 0 Å². The van der Waals surface area contributed by atoms with Crippen LogP contribution in [-0.2, 0) is 0 Å². The van der Waals surface area contributed by atoms with Crippen LogP contribution in [0, 0.1) is 48.5 Å². The van der Waals surface area contributed by atoms with Gasteiger partial charge in [-0.3, -0.25) is 0 Å². The fraction of sp³-hybridized carbons (Fsp3) is 0.189. The predicted octanol–water partition coefficient (Wildman–Crippen LogP) is 10.6. The van der Waals surface area contributed by atoms with Gasteiger partial charge in [-0.05, 0) is 59.6 Å². The van der Waals surface area contributed by atoms with Gasteiger partial charge in [0.1, 0.15) is 0 Å². The number of aryl methyl sites for hydroxylation is 7. The second-order valence-corrected chi connectivity index (χ2v) is 9.70. The van der Waals surface area contributed by atoms with Crippen LogP contribution in [0.25, 0.3) is 11.1 Å². The van der Waals surface area contributed by atoms with Crippen LogP contribution < -0.4 is 0 Å². The summed E-state index contributed by atoms with van der Waals surface area (Å²) in [6, 6.07) is 44.5. The third kappa shape index (κ3) is 12.6. The monoisotopic (exact) mass is 486 g/mol. The molecule has 0 unspecified atom stereocenters. The summed E-state index contributed by atoms with van der Waals surface area (Å²) < 4.78 is 0. The van der Waals surface area contributed by atoms with E-state index in [0.717, 1.165) is 0 Å². The Morgan fingerprint density at radius 2 is 0.405 bits per heavy atom. The highest BCUT2D eigenvalue weighted by Crippen LogP contribution is 2.18. The average molecular weight is 487 g/mol. The van der Waals surface area contributed by atoms with Crippen molar-refractivity contribution in [2.45, 2.75) is 48.5 Å². The quantitative estimate of drug-likeness (QED) is 0.221. The van der Waals surface area contributed by atoms with Gasteiger partial charge in [-0.15, -0.1) is 0 Å². The lowest BCUT2D eigenvalue weighted by Gasteiger charge is -2.00. The van der Waals surface area contributed by atoms with E-state index in [1.165, 1.54) is 50.1 Å². The van der Waals surface area contributed by atoms with Crippen molar-refractivity contribution in [3.63, 3.8) is 0 Å². The van der Waals surface area contributed by atoms with Crippen molar-refractivity contribution < 1.29 is 0 Å². The molecule has 0 N–H and O–H groups in total. The van der Waals surface area contributed by atoms with E-state index >= 15 is 0 Å². The second-order valence-electron chi connectivity index (χ2n) is 9.70. The molecule has 5 rings (SSSR count). The van der Waals surface area contributed by atoms with E-state index in [2.05, 4.69) is 170 Å². The van der Waals surface area contributed by atoms with Gasteiger partial charge in [0.2, 0.25) is 0 Å². The zero-order valence-corrected chi connectivity index (χ0v) is 23.6. The molecule has 0 aliphatic heterocycles. The van der Waals surface area contributed by atoms with E-state index in [1.54, 1.807) is 0 Å². The van der Waals surface area contributed by atoms with Crippen LogP contribution in [0.1, 0.15) is 38.9 Å². The molecule has 0 amide bonds. The summed E-state index contributed by atoms with van der Waals surface area (Å²) in [7, 11) is 0. The molecule has 0 saturated carbocycles. The standard InChI is InChI=1S/C13H12.3C8H10/c1-11-7-9-13(10-8-11)12-5-3-2-4-6-12;3*1-7-3-5-8(2)6-4-7/h2-10H,1H3;3*3-6H,1-2H3. The molecule has 0 atom stereocenters. The molecule has 0 bridgehead atoms. The first-order chi connectivity index (χ1) is 17.7. The maximum Gasteiger partial charge on any atom is -0.0184 e. The summed E-state index contributed by atoms with van der Waals surface area (Å²) in [5.74, 6) is 0. The molecule has 5 aromatic rings. The number of rotatable bonds is 1. The molecular formula is C37H42. The van der Waals surface area contributed by atoms with Crippen molar-refractivity contribution in [3.05, 3.63) is 166 Å². The van der Waals surface area contributed by atoms with E-state index in [4.69, 9.17) is 0 Å². The Bertz CT molecular complexity index is 1090. The lowest BCUT2D eigenvalue weighted by Crippen LogP contribution is -1.76. The minimum absolute atomic E-state index is 1.28. The minimum atomic E-state index is 1.28. The Balaban J connectivity index is 0.000000179. The molecule has 37 heavy (non-hydrogen) atoms. The Kier molecular flexibility index (Phi) is 12.7. The van der Waals surface area contributed by atoms with Crippen LogP contribution in [0.5, 0.6) is 0 Å². The van der Waals surface area contributed by atoms with Crippen LogP contribution >= 0.6 is 0 Å². The van der Waals surface area contributed by atoms with Crippen molar-refractivity contribution in [3.8, 4) is 11.1 Å². The van der Waals surface area contributed by atoms with Crippen LogP contribution in [0.2, 0.25) is 0 Å². The van der Waals surface area contributed by atoms with Crippen LogP contribution in [-0.4, -0.2) is 0 Å². The molecule has 0 aliphatic carbocycles. The van der Waals surface area contributed by atoms with Crippen molar-refractivity contribution >= 4 is 0 Å². The molecule has 0 heterocycles. The highest BCUT2D eigenvalue weighted by Gasteiger charge is 1.94. The fourth-order valence-electron chi connectivity index (χ4n) is 3.29. The zero-order valence-electron chi connectivity index (χ0n) is 23.6. The molecule has 0 nitrogen and oxygen atoms in total. The summed E-state index contributed by atoms with van der Waals surface area (Å²) in [6.07, 6.45) is 0. The van der Waals surface area contributed by atoms with Gasteiger partial charge < -0.3 is 0 Å². The van der Waals surface area contributed by atoms with Crippen molar-refractivity contribution in [1.29, 1.82) is 0 Å². The maximum atomic E-state index is 2.16. The molecule has 0 fully saturated rings. The molecular weight excluding hydrogens is 444 g/mol. The number of hydrogen-bond donors (Lipinski definition) is 0. The first-order valence-corrected chi connectivity index (χ1v) is 12.9. The maximum absolute atomic E-state index is 2.16. The normalized spacial score (nSPS) is 9.49. The van der Waals surface area contributed by atoms with Gasteiger partial charge in [-0.25, -0.2) is 0 Å². The van der Waals surface area contributed by atoms with Gasteiger partial charge in [-0.2, -0.15) is 0 Å². The second kappa shape index (κ2) is 16.0. The average Bonchev–Trinajstić information content (AvgIpc) is 2.91. The predicted molar refractivity (Wildman–Crippen MR) is 164 cm³/mol. The highest BCUT2D eigenvalue weighted by molar-refractivity contribution is 5.63. The summed E-state index contributed by atoms with van der Waals surface area (Å²) >= 11 is 0. The van der Waals surface area contributed by atoms with Crippen molar-refractivity contribution in [1.82, 2.24) is 0 Å². The smallest absolute Gasteiger partial charge is 0.0184 e. The minimum Gasteiger partial charge on any atom is -0.0622 e. The molecule has 0 aromatic heterocycles. The SMILES string of the molecule is Cc1ccc(-c2ccccc2)cc1.Cc1ccc(C)cc1.Cc1ccc(C)cc1.Cc1ccc(C)cc1. The molecule has 0 radical (unpaired) electrons. The zero-order chi connectivity index (χ0) is 27.0. The molecule has 190 valence electrons. The summed E-state index contributed by atoms with van der Waals surface area (Å²) in [6.45, 7) is 14.7. The lowest BCUT2D eigenvalue weighted by molar-refractivity contribution is 1.40. The fourth-order valence-corrected chi connectivity index (χ4v) is 3.29. The first-order valence-electron chi connectivity index (χ1n) is 12.9. The van der Waals surface area contributed by atoms with Gasteiger partial charge in [0.05, 0.1) is 0 Å². The molecule has 0 spiro atoms. The topological polar surface area (TPSA) is 0 Å². The van der Waals surface area contributed by atoms with E-state index in [0.29, 0.717) is 0 Å². The van der Waals surface area contributed by atoms with Gasteiger partial charge in [0, 0.05) is 0 Å². The third-order valence-electron chi connectivity index (χ3n) is 5.81. The van der Waals surface area contributed by atoms with Gasteiger partial charge in [-0.1, -0.05) is 166 Å². The summed E-state index contributed by atoms with van der Waals surface area (Å²) in [5, 5.41) is 0. The Morgan fingerprint density at radius 3 is 0.649 bits per heavy atom. The van der Waals surface area contributed by atoms with Gasteiger partial charge in [0.15, 0.2) is 0 Å². The van der Waals surface area contributed by atoms with E-state index < -0.39 is 0 Å². The Hall–Kier alpha value is -3.90. The van der Waals surface area contributed by atoms with Crippen LogP contribution in [0.15, 0.2) is 127 Å². The third-order valence-corrected chi connectivity index (χ3v) is 5.81.